The fraction of sp³-hybridized carbons (Fsp3) is 0.700. The number of nitrogens with two attached hydrogens (primary N) is 1. The lowest BCUT2D eigenvalue weighted by molar-refractivity contribution is -0.128. The number of allylic oxidation sites excluding steroid dienone is 1. The van der Waals surface area contributed by atoms with Crippen molar-refractivity contribution in [3.8, 4) is 0 Å². The van der Waals surface area contributed by atoms with Gasteiger partial charge in [0, 0.05) is 25.6 Å². The molecule has 0 bridgehead atoms. The van der Waals surface area contributed by atoms with E-state index >= 15 is 0 Å². The monoisotopic (exact) mass is 182 g/mol. The molecule has 1 aliphatic rings. The maximum atomic E-state index is 11.4. The predicted molar refractivity (Wildman–Crippen MR) is 53.2 cm³/mol. The number of amides is 1. The molecule has 1 saturated heterocycles. The summed E-state index contributed by atoms with van der Waals surface area (Å²) < 4.78 is 0. The molecule has 3 heteroatoms. The van der Waals surface area contributed by atoms with Gasteiger partial charge in [0.1, 0.15) is 0 Å². The number of hydrogen-bond acceptors (Lipinski definition) is 2. The van der Waals surface area contributed by atoms with Gasteiger partial charge in [-0.2, -0.15) is 0 Å². The van der Waals surface area contributed by atoms with Crippen LogP contribution in [0.3, 0.4) is 0 Å². The summed E-state index contributed by atoms with van der Waals surface area (Å²) in [5.74, 6) is 0.243. The van der Waals surface area contributed by atoms with Crippen LogP contribution in [0.25, 0.3) is 0 Å². The van der Waals surface area contributed by atoms with Crippen molar-refractivity contribution in [1.29, 1.82) is 0 Å². The van der Waals surface area contributed by atoms with E-state index in [1.807, 2.05) is 18.7 Å². The molecule has 1 atom stereocenters. The Balaban J connectivity index is 2.54. The second-order valence-corrected chi connectivity index (χ2v) is 3.76. The fourth-order valence-corrected chi connectivity index (χ4v) is 1.57. The van der Waals surface area contributed by atoms with Gasteiger partial charge in [-0.15, -0.1) is 0 Å². The van der Waals surface area contributed by atoms with Gasteiger partial charge < -0.3 is 10.6 Å². The standard InChI is InChI=1S/C10H18N2O/c1-8(2)5-6-12-9(7-11)3-4-10(12)13/h5,9H,3-4,6-7,11H2,1-2H3. The molecule has 0 spiro atoms. The van der Waals surface area contributed by atoms with Crippen molar-refractivity contribution in [1.82, 2.24) is 4.90 Å². The maximum Gasteiger partial charge on any atom is 0.223 e. The molecule has 0 aromatic heterocycles. The van der Waals surface area contributed by atoms with Crippen LogP contribution in [0.1, 0.15) is 26.7 Å². The molecule has 13 heavy (non-hydrogen) atoms. The highest BCUT2D eigenvalue weighted by Gasteiger charge is 2.28. The Morgan fingerprint density at radius 2 is 2.38 bits per heavy atom. The molecule has 1 unspecified atom stereocenters. The highest BCUT2D eigenvalue weighted by Crippen LogP contribution is 2.17. The molecule has 2 N–H and O–H groups in total. The van der Waals surface area contributed by atoms with Crippen molar-refractivity contribution < 1.29 is 4.79 Å². The fourth-order valence-electron chi connectivity index (χ4n) is 1.57. The minimum absolute atomic E-state index is 0.243. The van der Waals surface area contributed by atoms with Crippen molar-refractivity contribution in [2.45, 2.75) is 32.7 Å². The zero-order valence-corrected chi connectivity index (χ0v) is 8.42. The molecule has 1 heterocycles. The van der Waals surface area contributed by atoms with Crippen LogP contribution in [0.5, 0.6) is 0 Å². The van der Waals surface area contributed by atoms with E-state index in [1.54, 1.807) is 0 Å². The smallest absolute Gasteiger partial charge is 0.223 e. The van der Waals surface area contributed by atoms with Gasteiger partial charge >= 0.3 is 0 Å². The molecule has 1 rings (SSSR count). The molecule has 1 aliphatic heterocycles. The van der Waals surface area contributed by atoms with Crippen LogP contribution in [0.2, 0.25) is 0 Å². The van der Waals surface area contributed by atoms with Gasteiger partial charge in [-0.3, -0.25) is 4.79 Å². The average molecular weight is 182 g/mol. The molecule has 74 valence electrons. The molecule has 0 saturated carbocycles. The van der Waals surface area contributed by atoms with E-state index in [1.165, 1.54) is 5.57 Å². The molecular formula is C10H18N2O. The van der Waals surface area contributed by atoms with E-state index in [0.29, 0.717) is 13.0 Å². The Bertz CT molecular complexity index is 219. The van der Waals surface area contributed by atoms with Crippen LogP contribution < -0.4 is 5.73 Å². The molecule has 1 fully saturated rings. The van der Waals surface area contributed by atoms with Crippen LogP contribution in [0.15, 0.2) is 11.6 Å². The van der Waals surface area contributed by atoms with Crippen LogP contribution in [0, 0.1) is 0 Å². The van der Waals surface area contributed by atoms with Gasteiger partial charge in [-0.1, -0.05) is 11.6 Å². The first-order chi connectivity index (χ1) is 6.15. The van der Waals surface area contributed by atoms with Gasteiger partial charge in [0.05, 0.1) is 0 Å². The van der Waals surface area contributed by atoms with E-state index in [4.69, 9.17) is 5.73 Å². The summed E-state index contributed by atoms with van der Waals surface area (Å²) in [7, 11) is 0. The zero-order chi connectivity index (χ0) is 9.84. The lowest BCUT2D eigenvalue weighted by Gasteiger charge is -2.22. The van der Waals surface area contributed by atoms with Gasteiger partial charge in [0.15, 0.2) is 0 Å². The molecule has 0 aromatic carbocycles. The first-order valence-electron chi connectivity index (χ1n) is 4.78. The summed E-state index contributed by atoms with van der Waals surface area (Å²) in [6, 6.07) is 0.267. The van der Waals surface area contributed by atoms with Gasteiger partial charge in [0.25, 0.3) is 0 Å². The topological polar surface area (TPSA) is 46.3 Å². The van der Waals surface area contributed by atoms with E-state index in [9.17, 15) is 4.79 Å². The first kappa shape index (κ1) is 10.3. The second kappa shape index (κ2) is 4.42. The van der Waals surface area contributed by atoms with E-state index in [-0.39, 0.29) is 11.9 Å². The third-order valence-corrected chi connectivity index (χ3v) is 2.42. The van der Waals surface area contributed by atoms with Crippen molar-refractivity contribution >= 4 is 5.91 Å². The summed E-state index contributed by atoms with van der Waals surface area (Å²) in [4.78, 5) is 13.3. The second-order valence-electron chi connectivity index (χ2n) is 3.76. The van der Waals surface area contributed by atoms with E-state index < -0.39 is 0 Å². The summed E-state index contributed by atoms with van der Waals surface area (Å²) in [6.07, 6.45) is 3.66. The quantitative estimate of drug-likeness (QED) is 0.659. The molecule has 0 aliphatic carbocycles. The van der Waals surface area contributed by atoms with Crippen LogP contribution in [-0.4, -0.2) is 29.9 Å². The number of likely N-dealkylation sites (tertiary alicyclic amines) is 1. The van der Waals surface area contributed by atoms with Crippen LogP contribution in [0.4, 0.5) is 0 Å². The normalized spacial score (nSPS) is 22.2. The number of hydrogen-bond donors (Lipinski definition) is 1. The number of rotatable bonds is 3. The zero-order valence-electron chi connectivity index (χ0n) is 8.42. The average Bonchev–Trinajstić information content (AvgIpc) is 2.43. The SMILES string of the molecule is CC(C)=CCN1C(=O)CCC1CN. The lowest BCUT2D eigenvalue weighted by Crippen LogP contribution is -2.38. The Morgan fingerprint density at radius 3 is 2.92 bits per heavy atom. The van der Waals surface area contributed by atoms with Crippen molar-refractivity contribution in [2.75, 3.05) is 13.1 Å². The van der Waals surface area contributed by atoms with Crippen molar-refractivity contribution in [3.63, 3.8) is 0 Å². The van der Waals surface area contributed by atoms with E-state index in [2.05, 4.69) is 6.08 Å². The predicted octanol–water partition coefficient (Wildman–Crippen LogP) is 0.902. The molecule has 3 nitrogen and oxygen atoms in total. The van der Waals surface area contributed by atoms with Gasteiger partial charge in [-0.05, 0) is 20.3 Å². The summed E-state index contributed by atoms with van der Waals surface area (Å²) >= 11 is 0. The third kappa shape index (κ3) is 2.56. The molecule has 0 radical (unpaired) electrons. The Kier molecular flexibility index (Phi) is 3.48. The highest BCUT2D eigenvalue weighted by molar-refractivity contribution is 5.79. The number of carbonyl (C=O) groups is 1. The van der Waals surface area contributed by atoms with Crippen molar-refractivity contribution in [2.24, 2.45) is 5.73 Å². The molecule has 1 amide bonds. The van der Waals surface area contributed by atoms with Crippen LogP contribution in [-0.2, 0) is 4.79 Å². The van der Waals surface area contributed by atoms with Crippen molar-refractivity contribution in [3.05, 3.63) is 11.6 Å². The third-order valence-electron chi connectivity index (χ3n) is 2.42. The summed E-state index contributed by atoms with van der Waals surface area (Å²) in [5, 5.41) is 0. The maximum absolute atomic E-state index is 11.4. The summed E-state index contributed by atoms with van der Waals surface area (Å²) in [6.45, 7) is 5.39. The number of nitrogens with zero attached hydrogens (tertiary/aromatic N) is 1. The van der Waals surface area contributed by atoms with E-state index in [0.717, 1.165) is 13.0 Å². The Morgan fingerprint density at radius 1 is 1.69 bits per heavy atom. The minimum atomic E-state index is 0.243. The largest absolute Gasteiger partial charge is 0.335 e. The highest BCUT2D eigenvalue weighted by atomic mass is 16.2. The van der Waals surface area contributed by atoms with Crippen LogP contribution >= 0.6 is 0 Å². The molecular weight excluding hydrogens is 164 g/mol. The Hall–Kier alpha value is -0.830. The lowest BCUT2D eigenvalue weighted by atomic mass is 10.2. The summed E-state index contributed by atoms with van der Waals surface area (Å²) in [5.41, 5.74) is 6.82. The number of carbonyl (C=O) groups excluding carboxylic acids is 1. The van der Waals surface area contributed by atoms with Gasteiger partial charge in [0.2, 0.25) is 5.91 Å². The van der Waals surface area contributed by atoms with Gasteiger partial charge in [-0.25, -0.2) is 0 Å². The minimum Gasteiger partial charge on any atom is -0.335 e. The molecule has 0 aromatic rings. The first-order valence-corrected chi connectivity index (χ1v) is 4.78. The Labute approximate surface area is 79.6 Å².